The van der Waals surface area contributed by atoms with E-state index in [1.165, 1.54) is 5.69 Å². The molecule has 0 aliphatic carbocycles. The van der Waals surface area contributed by atoms with Gasteiger partial charge in [-0.2, -0.15) is 0 Å². The third kappa shape index (κ3) is 1.65. The molecule has 2 heterocycles. The monoisotopic (exact) mass is 232 g/mol. The van der Waals surface area contributed by atoms with E-state index in [2.05, 4.69) is 34.1 Å². The summed E-state index contributed by atoms with van der Waals surface area (Å²) in [7, 11) is 0. The molecular formula is C12H12N2OS. The quantitative estimate of drug-likeness (QED) is 0.767. The Kier molecular flexibility index (Phi) is 2.29. The Morgan fingerprint density at radius 2 is 2.06 bits per heavy atom. The minimum Gasteiger partial charge on any atom is -0.432 e. The van der Waals surface area contributed by atoms with Gasteiger partial charge in [-0.05, 0) is 24.4 Å². The van der Waals surface area contributed by atoms with Gasteiger partial charge < -0.3 is 14.3 Å². The number of hydrogen-bond acceptors (Lipinski definition) is 3. The van der Waals surface area contributed by atoms with Gasteiger partial charge in [-0.3, -0.25) is 0 Å². The maximum absolute atomic E-state index is 5.48. The number of para-hydroxylation sites is 1. The number of anilines is 1. The highest BCUT2D eigenvalue weighted by atomic mass is 32.1. The minimum absolute atomic E-state index is 0.486. The summed E-state index contributed by atoms with van der Waals surface area (Å²) in [5.41, 5.74) is 2.38. The van der Waals surface area contributed by atoms with Crippen LogP contribution in [0.5, 0.6) is 0 Å². The first kappa shape index (κ1) is 9.66. The van der Waals surface area contributed by atoms with E-state index >= 15 is 0 Å². The second kappa shape index (κ2) is 3.79. The lowest BCUT2D eigenvalue weighted by atomic mass is 10.1. The Bertz CT molecular complexity index is 544. The molecule has 0 amide bonds. The zero-order chi connectivity index (χ0) is 11.0. The molecule has 2 aromatic rings. The van der Waals surface area contributed by atoms with Gasteiger partial charge in [0.05, 0.1) is 12.2 Å². The first-order chi connectivity index (χ1) is 7.83. The van der Waals surface area contributed by atoms with E-state index in [-0.39, 0.29) is 0 Å². The molecule has 1 aromatic heterocycles. The van der Waals surface area contributed by atoms with Crippen LogP contribution in [-0.4, -0.2) is 11.5 Å². The van der Waals surface area contributed by atoms with Crippen molar-refractivity contribution in [2.24, 2.45) is 0 Å². The fraction of sp³-hybridized carbons (Fsp3) is 0.250. The molecule has 0 saturated carbocycles. The summed E-state index contributed by atoms with van der Waals surface area (Å²) in [6.45, 7) is 1.80. The van der Waals surface area contributed by atoms with Gasteiger partial charge in [0.15, 0.2) is 0 Å². The van der Waals surface area contributed by atoms with Crippen LogP contribution in [0.3, 0.4) is 0 Å². The van der Waals surface area contributed by atoms with Crippen molar-refractivity contribution in [3.63, 3.8) is 0 Å². The molecule has 82 valence electrons. The van der Waals surface area contributed by atoms with Gasteiger partial charge in [-0.25, -0.2) is 0 Å². The fourth-order valence-electron chi connectivity index (χ4n) is 2.08. The van der Waals surface area contributed by atoms with Crippen LogP contribution < -0.4 is 4.90 Å². The topological polar surface area (TPSA) is 32.2 Å². The molecule has 1 aromatic carbocycles. The molecule has 16 heavy (non-hydrogen) atoms. The van der Waals surface area contributed by atoms with Crippen LogP contribution >= 0.6 is 12.2 Å². The second-order valence-corrected chi connectivity index (χ2v) is 4.29. The molecular weight excluding hydrogens is 220 g/mol. The van der Waals surface area contributed by atoms with E-state index in [9.17, 15) is 0 Å². The minimum atomic E-state index is 0.486. The predicted molar refractivity (Wildman–Crippen MR) is 65.1 cm³/mol. The predicted octanol–water partition coefficient (Wildman–Crippen LogP) is 2.90. The molecule has 1 aliphatic heterocycles. The number of aromatic nitrogens is 1. The molecule has 0 spiro atoms. The van der Waals surface area contributed by atoms with E-state index in [0.29, 0.717) is 4.84 Å². The number of H-pyrrole nitrogens is 1. The molecule has 4 heteroatoms. The van der Waals surface area contributed by atoms with E-state index < -0.39 is 0 Å². The summed E-state index contributed by atoms with van der Waals surface area (Å²) in [5, 5.41) is 0. The van der Waals surface area contributed by atoms with E-state index in [1.807, 2.05) is 6.07 Å². The molecule has 0 saturated heterocycles. The number of rotatable bonds is 1. The van der Waals surface area contributed by atoms with Crippen LogP contribution in [-0.2, 0) is 13.0 Å². The van der Waals surface area contributed by atoms with Gasteiger partial charge in [0, 0.05) is 18.7 Å². The van der Waals surface area contributed by atoms with Gasteiger partial charge in [-0.1, -0.05) is 18.2 Å². The van der Waals surface area contributed by atoms with Crippen molar-refractivity contribution < 1.29 is 4.42 Å². The van der Waals surface area contributed by atoms with Crippen molar-refractivity contribution in [1.82, 2.24) is 4.98 Å². The number of benzene rings is 1. The molecule has 1 aliphatic rings. The standard InChI is InChI=1S/C12H12N2OS/c16-12-13-10-6-7-14(8-11(10)15-12)9-4-2-1-3-5-9/h1-5H,6-8H2,(H,13,16). The number of nitrogens with one attached hydrogen (secondary N) is 1. The number of aromatic amines is 1. The van der Waals surface area contributed by atoms with Crippen LogP contribution in [0.4, 0.5) is 5.69 Å². The average molecular weight is 232 g/mol. The molecule has 0 atom stereocenters. The van der Waals surface area contributed by atoms with Gasteiger partial charge in [0.1, 0.15) is 5.76 Å². The molecule has 0 unspecified atom stereocenters. The summed E-state index contributed by atoms with van der Waals surface area (Å²) < 4.78 is 5.48. The Labute approximate surface area is 98.7 Å². The zero-order valence-corrected chi connectivity index (χ0v) is 9.59. The molecule has 0 bridgehead atoms. The Morgan fingerprint density at radius 1 is 1.25 bits per heavy atom. The third-order valence-electron chi connectivity index (χ3n) is 2.89. The van der Waals surface area contributed by atoms with Crippen LogP contribution in [0.25, 0.3) is 0 Å². The van der Waals surface area contributed by atoms with Gasteiger partial charge in [-0.15, -0.1) is 0 Å². The highest BCUT2D eigenvalue weighted by molar-refractivity contribution is 7.71. The normalized spacial score (nSPS) is 14.9. The molecule has 0 fully saturated rings. The number of fused-ring (bicyclic) bond motifs is 1. The lowest BCUT2D eigenvalue weighted by molar-refractivity contribution is 0.472. The van der Waals surface area contributed by atoms with Crippen molar-refractivity contribution in [1.29, 1.82) is 0 Å². The highest BCUT2D eigenvalue weighted by Crippen LogP contribution is 2.23. The van der Waals surface area contributed by atoms with Gasteiger partial charge in [0.25, 0.3) is 4.84 Å². The summed E-state index contributed by atoms with van der Waals surface area (Å²) in [6.07, 6.45) is 0.963. The lowest BCUT2D eigenvalue weighted by Crippen LogP contribution is -2.29. The summed E-state index contributed by atoms with van der Waals surface area (Å²) >= 11 is 5.00. The van der Waals surface area contributed by atoms with Crippen LogP contribution in [0, 0.1) is 4.84 Å². The third-order valence-corrected chi connectivity index (χ3v) is 3.08. The SMILES string of the molecule is S=c1[nH]c2c(o1)CN(c1ccccc1)CC2. The zero-order valence-electron chi connectivity index (χ0n) is 8.77. The van der Waals surface area contributed by atoms with E-state index in [0.717, 1.165) is 31.0 Å². The van der Waals surface area contributed by atoms with Crippen molar-refractivity contribution >= 4 is 17.9 Å². The maximum Gasteiger partial charge on any atom is 0.266 e. The Hall–Kier alpha value is -1.55. The van der Waals surface area contributed by atoms with Gasteiger partial charge in [0.2, 0.25) is 0 Å². The van der Waals surface area contributed by atoms with E-state index in [4.69, 9.17) is 16.6 Å². The second-order valence-electron chi connectivity index (χ2n) is 3.92. The first-order valence-corrected chi connectivity index (χ1v) is 5.74. The fourth-order valence-corrected chi connectivity index (χ4v) is 2.30. The molecule has 0 radical (unpaired) electrons. The first-order valence-electron chi connectivity index (χ1n) is 5.34. The molecule has 3 nitrogen and oxygen atoms in total. The number of hydrogen-bond donors (Lipinski definition) is 1. The maximum atomic E-state index is 5.48. The lowest BCUT2D eigenvalue weighted by Gasteiger charge is -2.27. The largest absolute Gasteiger partial charge is 0.432 e. The van der Waals surface area contributed by atoms with Crippen LogP contribution in [0.2, 0.25) is 0 Å². The summed E-state index contributed by atoms with van der Waals surface area (Å²) in [4.78, 5) is 5.88. The number of nitrogens with zero attached hydrogens (tertiary/aromatic N) is 1. The van der Waals surface area contributed by atoms with Crippen LogP contribution in [0.15, 0.2) is 34.7 Å². The van der Waals surface area contributed by atoms with Crippen molar-refractivity contribution in [3.05, 3.63) is 46.6 Å². The average Bonchev–Trinajstić information content (AvgIpc) is 2.69. The van der Waals surface area contributed by atoms with E-state index in [1.54, 1.807) is 0 Å². The van der Waals surface area contributed by atoms with Gasteiger partial charge >= 0.3 is 0 Å². The van der Waals surface area contributed by atoms with Crippen LogP contribution in [0.1, 0.15) is 11.5 Å². The van der Waals surface area contributed by atoms with Crippen molar-refractivity contribution in [3.8, 4) is 0 Å². The summed E-state index contributed by atoms with van der Waals surface area (Å²) in [6, 6.07) is 10.4. The molecule has 1 N–H and O–H groups in total. The summed E-state index contributed by atoms with van der Waals surface area (Å²) in [5.74, 6) is 0.972. The Morgan fingerprint density at radius 3 is 2.88 bits per heavy atom. The highest BCUT2D eigenvalue weighted by Gasteiger charge is 2.19. The Balaban J connectivity index is 1.91. The van der Waals surface area contributed by atoms with Crippen molar-refractivity contribution in [2.75, 3.05) is 11.4 Å². The van der Waals surface area contributed by atoms with Crippen molar-refractivity contribution in [2.45, 2.75) is 13.0 Å². The number of oxazole rings is 1. The smallest absolute Gasteiger partial charge is 0.266 e. The molecule has 3 rings (SSSR count).